The first-order valence-corrected chi connectivity index (χ1v) is 9.69. The van der Waals surface area contributed by atoms with Crippen LogP contribution in [0.25, 0.3) is 0 Å². The summed E-state index contributed by atoms with van der Waals surface area (Å²) in [5, 5.41) is 20.1. The first kappa shape index (κ1) is 17.7. The van der Waals surface area contributed by atoms with Crippen molar-refractivity contribution in [2.24, 2.45) is 11.8 Å². The molecule has 1 amide bonds. The molecule has 4 rings (SSSR count). The van der Waals surface area contributed by atoms with E-state index in [1.807, 2.05) is 32.6 Å². The third-order valence-corrected chi connectivity index (χ3v) is 6.99. The van der Waals surface area contributed by atoms with Gasteiger partial charge in [-0.3, -0.25) is 4.79 Å². The number of carbonyl (C=O) groups is 1. The minimum absolute atomic E-state index is 0.0646. The van der Waals surface area contributed by atoms with E-state index in [9.17, 15) is 15.0 Å². The zero-order valence-corrected chi connectivity index (χ0v) is 16.1. The van der Waals surface area contributed by atoms with Gasteiger partial charge in [0.1, 0.15) is 11.5 Å². The molecule has 1 aromatic rings. The fourth-order valence-electron chi connectivity index (χ4n) is 5.17. The van der Waals surface area contributed by atoms with E-state index in [-0.39, 0.29) is 12.0 Å². The zero-order chi connectivity index (χ0) is 18.8. The molecule has 142 valence electrons. The van der Waals surface area contributed by atoms with Gasteiger partial charge in [-0.1, -0.05) is 0 Å². The third-order valence-electron chi connectivity index (χ3n) is 6.99. The summed E-state index contributed by atoms with van der Waals surface area (Å²) in [6.07, 6.45) is 2.78. The van der Waals surface area contributed by atoms with Crippen molar-refractivity contribution in [2.45, 2.75) is 65.1 Å². The van der Waals surface area contributed by atoms with Crippen LogP contribution in [0.3, 0.4) is 0 Å². The lowest BCUT2D eigenvalue weighted by Gasteiger charge is -2.39. The number of nitrogens with zero attached hydrogens (tertiary/aromatic N) is 1. The highest BCUT2D eigenvalue weighted by atomic mass is 16.5. The standard InChI is InChI=1S/C21H29NO4/c1-11-12(2)19-17(13(3)18(11)24)5-6-21(4,26-19)20(25)22-9-14-7-16(23)8-15(14)10-22/h14-16,23-24H,5-10H2,1-4H3/t14-,15+,16?,21?. The van der Waals surface area contributed by atoms with E-state index in [0.717, 1.165) is 60.4 Å². The summed E-state index contributed by atoms with van der Waals surface area (Å²) in [4.78, 5) is 15.2. The largest absolute Gasteiger partial charge is 0.507 e. The molecule has 2 fully saturated rings. The third kappa shape index (κ3) is 2.51. The number of hydrogen-bond donors (Lipinski definition) is 2. The van der Waals surface area contributed by atoms with Crippen LogP contribution in [-0.4, -0.2) is 45.8 Å². The van der Waals surface area contributed by atoms with Crippen LogP contribution in [0, 0.1) is 32.6 Å². The molecule has 5 heteroatoms. The van der Waals surface area contributed by atoms with E-state index in [1.54, 1.807) is 0 Å². The summed E-state index contributed by atoms with van der Waals surface area (Å²) < 4.78 is 6.33. The van der Waals surface area contributed by atoms with Crippen molar-refractivity contribution in [3.63, 3.8) is 0 Å². The average Bonchev–Trinajstić information content (AvgIpc) is 3.14. The quantitative estimate of drug-likeness (QED) is 0.809. The number of rotatable bonds is 1. The second-order valence-corrected chi connectivity index (χ2v) is 8.72. The lowest BCUT2D eigenvalue weighted by atomic mass is 9.86. The number of carbonyl (C=O) groups excluding carboxylic acids is 1. The highest BCUT2D eigenvalue weighted by Gasteiger charge is 2.48. The molecule has 0 bridgehead atoms. The number of ether oxygens (including phenoxy) is 1. The zero-order valence-electron chi connectivity index (χ0n) is 16.1. The van der Waals surface area contributed by atoms with Crippen LogP contribution < -0.4 is 4.74 Å². The van der Waals surface area contributed by atoms with E-state index in [0.29, 0.717) is 24.0 Å². The minimum atomic E-state index is -0.856. The predicted octanol–water partition coefficient (Wildman–Crippen LogP) is 2.63. The van der Waals surface area contributed by atoms with E-state index >= 15 is 0 Å². The molecule has 2 unspecified atom stereocenters. The summed E-state index contributed by atoms with van der Waals surface area (Å²) in [5.74, 6) is 2.03. The molecular formula is C21H29NO4. The fourth-order valence-corrected chi connectivity index (χ4v) is 5.17. The fraction of sp³-hybridized carbons (Fsp3) is 0.667. The molecule has 1 saturated carbocycles. The molecule has 4 atom stereocenters. The van der Waals surface area contributed by atoms with Gasteiger partial charge >= 0.3 is 0 Å². The summed E-state index contributed by atoms with van der Waals surface area (Å²) in [6.45, 7) is 9.13. The van der Waals surface area contributed by atoms with Gasteiger partial charge in [0, 0.05) is 25.1 Å². The number of aromatic hydroxyl groups is 1. The van der Waals surface area contributed by atoms with Crippen molar-refractivity contribution in [3.8, 4) is 11.5 Å². The summed E-state index contributed by atoms with van der Waals surface area (Å²) in [6, 6.07) is 0. The summed E-state index contributed by atoms with van der Waals surface area (Å²) in [5.41, 5.74) is 2.77. The van der Waals surface area contributed by atoms with E-state index in [4.69, 9.17) is 4.74 Å². The van der Waals surface area contributed by atoms with Gasteiger partial charge in [-0.25, -0.2) is 0 Å². The Kier molecular flexibility index (Phi) is 3.99. The Hall–Kier alpha value is -1.75. The molecule has 1 aromatic carbocycles. The van der Waals surface area contributed by atoms with Crippen molar-refractivity contribution in [3.05, 3.63) is 22.3 Å². The maximum absolute atomic E-state index is 13.3. The van der Waals surface area contributed by atoms with Gasteiger partial charge in [-0.15, -0.1) is 0 Å². The van der Waals surface area contributed by atoms with Crippen LogP contribution in [0.5, 0.6) is 11.5 Å². The van der Waals surface area contributed by atoms with Crippen LogP contribution in [-0.2, 0) is 11.2 Å². The van der Waals surface area contributed by atoms with Gasteiger partial charge in [-0.2, -0.15) is 0 Å². The van der Waals surface area contributed by atoms with Crippen molar-refractivity contribution >= 4 is 5.91 Å². The van der Waals surface area contributed by atoms with E-state index in [1.165, 1.54) is 0 Å². The molecule has 1 aliphatic carbocycles. The van der Waals surface area contributed by atoms with Crippen LogP contribution in [0.2, 0.25) is 0 Å². The number of likely N-dealkylation sites (tertiary alicyclic amines) is 1. The number of hydrogen-bond acceptors (Lipinski definition) is 4. The molecule has 2 heterocycles. The SMILES string of the molecule is Cc1c(C)c2c(c(C)c1O)CCC(C)(C(=O)N1C[C@H]3CC(O)C[C@H]3C1)O2. The molecule has 0 spiro atoms. The molecule has 0 aromatic heterocycles. The smallest absolute Gasteiger partial charge is 0.266 e. The van der Waals surface area contributed by atoms with Gasteiger partial charge in [0.2, 0.25) is 0 Å². The van der Waals surface area contributed by atoms with Crippen LogP contribution in [0.4, 0.5) is 0 Å². The molecular weight excluding hydrogens is 330 g/mol. The van der Waals surface area contributed by atoms with Gasteiger partial charge < -0.3 is 19.8 Å². The molecule has 0 radical (unpaired) electrons. The molecule has 1 saturated heterocycles. The Morgan fingerprint density at radius 3 is 2.35 bits per heavy atom. The Morgan fingerprint density at radius 1 is 1.12 bits per heavy atom. The number of amides is 1. The van der Waals surface area contributed by atoms with Crippen LogP contribution in [0.15, 0.2) is 0 Å². The van der Waals surface area contributed by atoms with Crippen molar-refractivity contribution < 1.29 is 19.7 Å². The Morgan fingerprint density at radius 2 is 1.73 bits per heavy atom. The Bertz CT molecular complexity index is 760. The first-order chi connectivity index (χ1) is 12.2. The number of aliphatic hydroxyl groups is 1. The first-order valence-electron chi connectivity index (χ1n) is 9.69. The van der Waals surface area contributed by atoms with Crippen LogP contribution in [0.1, 0.15) is 48.4 Å². The van der Waals surface area contributed by atoms with Gasteiger partial charge in [0.15, 0.2) is 5.60 Å². The van der Waals surface area contributed by atoms with Gasteiger partial charge in [0.05, 0.1) is 6.10 Å². The van der Waals surface area contributed by atoms with Gasteiger partial charge in [0.25, 0.3) is 5.91 Å². The number of benzene rings is 1. The topological polar surface area (TPSA) is 70.0 Å². The van der Waals surface area contributed by atoms with Crippen molar-refractivity contribution in [2.75, 3.05) is 13.1 Å². The molecule has 3 aliphatic rings. The average molecular weight is 359 g/mol. The summed E-state index contributed by atoms with van der Waals surface area (Å²) >= 11 is 0. The van der Waals surface area contributed by atoms with E-state index < -0.39 is 5.60 Å². The number of phenols is 1. The minimum Gasteiger partial charge on any atom is -0.507 e. The maximum Gasteiger partial charge on any atom is 0.266 e. The van der Waals surface area contributed by atoms with Crippen molar-refractivity contribution in [1.82, 2.24) is 4.90 Å². The van der Waals surface area contributed by atoms with E-state index in [2.05, 4.69) is 0 Å². The monoisotopic (exact) mass is 359 g/mol. The normalized spacial score (nSPS) is 33.0. The second-order valence-electron chi connectivity index (χ2n) is 8.72. The highest BCUT2D eigenvalue weighted by molar-refractivity contribution is 5.86. The number of aliphatic hydroxyl groups excluding tert-OH is 1. The molecule has 26 heavy (non-hydrogen) atoms. The predicted molar refractivity (Wildman–Crippen MR) is 98.5 cm³/mol. The molecule has 2 N–H and O–H groups in total. The Labute approximate surface area is 155 Å². The molecule has 2 aliphatic heterocycles. The number of phenolic OH excluding ortho intramolecular Hbond substituents is 1. The second kappa shape index (κ2) is 5.88. The molecule has 5 nitrogen and oxygen atoms in total. The summed E-state index contributed by atoms with van der Waals surface area (Å²) in [7, 11) is 0. The maximum atomic E-state index is 13.3. The van der Waals surface area contributed by atoms with Gasteiger partial charge in [-0.05, 0) is 75.5 Å². The Balaban J connectivity index is 1.59. The lowest BCUT2D eigenvalue weighted by Crippen LogP contribution is -2.52. The number of fused-ring (bicyclic) bond motifs is 2. The van der Waals surface area contributed by atoms with Crippen LogP contribution >= 0.6 is 0 Å². The lowest BCUT2D eigenvalue weighted by molar-refractivity contribution is -0.147. The highest BCUT2D eigenvalue weighted by Crippen LogP contribution is 2.45. The van der Waals surface area contributed by atoms with Crippen molar-refractivity contribution in [1.29, 1.82) is 0 Å².